The Hall–Kier alpha value is -1.84. The third kappa shape index (κ3) is 3.38. The SMILES string of the molecule is CNc1ccc(C=Nc2ccc(Cl)c(Cl)c2)cc1C=N. The normalized spacial score (nSPS) is 10.8. The van der Waals surface area contributed by atoms with Gasteiger partial charge in [0.15, 0.2) is 0 Å². The summed E-state index contributed by atoms with van der Waals surface area (Å²) in [7, 11) is 1.83. The average molecular weight is 306 g/mol. The van der Waals surface area contributed by atoms with Crippen LogP contribution >= 0.6 is 23.2 Å². The zero-order valence-electron chi connectivity index (χ0n) is 10.8. The number of nitrogens with one attached hydrogen (secondary N) is 2. The Bertz CT molecular complexity index is 666. The Morgan fingerprint density at radius 3 is 2.55 bits per heavy atom. The number of nitrogens with zero attached hydrogens (tertiary/aromatic N) is 1. The molecule has 0 radical (unpaired) electrons. The Morgan fingerprint density at radius 1 is 1.10 bits per heavy atom. The van der Waals surface area contributed by atoms with Gasteiger partial charge < -0.3 is 10.7 Å². The van der Waals surface area contributed by atoms with Gasteiger partial charge in [-0.1, -0.05) is 29.3 Å². The number of rotatable bonds is 4. The van der Waals surface area contributed by atoms with Crippen LogP contribution in [0.5, 0.6) is 0 Å². The highest BCUT2D eigenvalue weighted by Crippen LogP contribution is 2.26. The van der Waals surface area contributed by atoms with Gasteiger partial charge in [-0.05, 0) is 35.9 Å². The summed E-state index contributed by atoms with van der Waals surface area (Å²) in [6.45, 7) is 0. The molecule has 2 aromatic rings. The molecule has 0 aliphatic heterocycles. The van der Waals surface area contributed by atoms with Crippen LogP contribution in [0.25, 0.3) is 0 Å². The summed E-state index contributed by atoms with van der Waals surface area (Å²) in [4.78, 5) is 4.35. The molecular formula is C15H13Cl2N3. The number of anilines is 1. The molecule has 0 heterocycles. The van der Waals surface area contributed by atoms with Crippen molar-refractivity contribution >= 4 is 47.0 Å². The predicted molar refractivity (Wildman–Crippen MR) is 87.6 cm³/mol. The number of hydrogen-bond donors (Lipinski definition) is 2. The molecule has 3 nitrogen and oxygen atoms in total. The maximum absolute atomic E-state index is 7.39. The van der Waals surface area contributed by atoms with E-state index < -0.39 is 0 Å². The van der Waals surface area contributed by atoms with Crippen molar-refractivity contribution in [1.29, 1.82) is 5.41 Å². The summed E-state index contributed by atoms with van der Waals surface area (Å²) in [6, 6.07) is 10.9. The van der Waals surface area contributed by atoms with Crippen LogP contribution in [-0.4, -0.2) is 19.5 Å². The van der Waals surface area contributed by atoms with Crippen molar-refractivity contribution in [3.8, 4) is 0 Å². The molecule has 0 fully saturated rings. The summed E-state index contributed by atoms with van der Waals surface area (Å²) in [5.41, 5.74) is 3.36. The first-order valence-corrected chi connectivity index (χ1v) is 6.71. The highest BCUT2D eigenvalue weighted by atomic mass is 35.5. The van der Waals surface area contributed by atoms with Crippen LogP contribution in [0, 0.1) is 5.41 Å². The lowest BCUT2D eigenvalue weighted by molar-refractivity contribution is 1.46. The van der Waals surface area contributed by atoms with E-state index >= 15 is 0 Å². The van der Waals surface area contributed by atoms with Gasteiger partial charge in [-0.15, -0.1) is 0 Å². The van der Waals surface area contributed by atoms with Gasteiger partial charge in [0, 0.05) is 30.7 Å². The molecular weight excluding hydrogens is 293 g/mol. The quantitative estimate of drug-likeness (QED) is 0.784. The molecule has 0 atom stereocenters. The summed E-state index contributed by atoms with van der Waals surface area (Å²) in [5, 5.41) is 11.4. The fourth-order valence-corrected chi connectivity index (χ4v) is 2.02. The molecule has 0 bridgehead atoms. The molecule has 20 heavy (non-hydrogen) atoms. The van der Waals surface area contributed by atoms with E-state index in [-0.39, 0.29) is 0 Å². The molecule has 2 N–H and O–H groups in total. The van der Waals surface area contributed by atoms with Crippen LogP contribution < -0.4 is 5.32 Å². The van der Waals surface area contributed by atoms with Gasteiger partial charge in [0.05, 0.1) is 15.7 Å². The fourth-order valence-electron chi connectivity index (χ4n) is 1.72. The van der Waals surface area contributed by atoms with Crippen LogP contribution in [0.1, 0.15) is 11.1 Å². The minimum absolute atomic E-state index is 0.479. The van der Waals surface area contributed by atoms with Crippen LogP contribution in [0.15, 0.2) is 41.4 Å². The summed E-state index contributed by atoms with van der Waals surface area (Å²) in [5.74, 6) is 0. The molecule has 0 amide bonds. The molecule has 0 saturated carbocycles. The molecule has 2 rings (SSSR count). The first-order chi connectivity index (χ1) is 9.63. The van der Waals surface area contributed by atoms with Gasteiger partial charge in [0.2, 0.25) is 0 Å². The van der Waals surface area contributed by atoms with Crippen molar-refractivity contribution in [1.82, 2.24) is 0 Å². The minimum Gasteiger partial charge on any atom is -0.388 e. The second-order valence-corrected chi connectivity index (χ2v) is 4.91. The number of aliphatic imine (C=N–C) groups is 1. The van der Waals surface area contributed by atoms with Gasteiger partial charge >= 0.3 is 0 Å². The van der Waals surface area contributed by atoms with Crippen molar-refractivity contribution < 1.29 is 0 Å². The predicted octanol–water partition coefficient (Wildman–Crippen LogP) is 4.78. The fraction of sp³-hybridized carbons (Fsp3) is 0.0667. The number of benzene rings is 2. The third-order valence-corrected chi connectivity index (χ3v) is 3.51. The zero-order chi connectivity index (χ0) is 14.5. The van der Waals surface area contributed by atoms with Crippen LogP contribution in [-0.2, 0) is 0 Å². The Labute approximate surface area is 127 Å². The van der Waals surface area contributed by atoms with E-state index in [1.165, 1.54) is 6.21 Å². The van der Waals surface area contributed by atoms with E-state index in [4.69, 9.17) is 28.6 Å². The molecule has 0 aliphatic carbocycles. The highest BCUT2D eigenvalue weighted by Gasteiger charge is 2.00. The Balaban J connectivity index is 2.26. The van der Waals surface area contributed by atoms with E-state index in [9.17, 15) is 0 Å². The third-order valence-electron chi connectivity index (χ3n) is 2.77. The Kier molecular flexibility index (Phi) is 4.77. The molecule has 0 spiro atoms. The molecule has 0 aliphatic rings. The van der Waals surface area contributed by atoms with Gasteiger partial charge in [-0.25, -0.2) is 0 Å². The van der Waals surface area contributed by atoms with Crippen molar-refractivity contribution in [3.63, 3.8) is 0 Å². The van der Waals surface area contributed by atoms with Crippen molar-refractivity contribution in [2.75, 3.05) is 12.4 Å². The largest absolute Gasteiger partial charge is 0.388 e. The van der Waals surface area contributed by atoms with Crippen molar-refractivity contribution in [3.05, 3.63) is 57.6 Å². The van der Waals surface area contributed by atoms with Gasteiger partial charge in [0.1, 0.15) is 0 Å². The van der Waals surface area contributed by atoms with Crippen LogP contribution in [0.4, 0.5) is 11.4 Å². The van der Waals surface area contributed by atoms with Crippen molar-refractivity contribution in [2.24, 2.45) is 4.99 Å². The van der Waals surface area contributed by atoms with E-state index in [0.29, 0.717) is 10.0 Å². The topological polar surface area (TPSA) is 48.2 Å². The molecule has 0 saturated heterocycles. The molecule has 0 aromatic heterocycles. The van der Waals surface area contributed by atoms with Crippen LogP contribution in [0.2, 0.25) is 10.0 Å². The zero-order valence-corrected chi connectivity index (χ0v) is 12.3. The van der Waals surface area contributed by atoms with E-state index in [1.54, 1.807) is 24.4 Å². The van der Waals surface area contributed by atoms with Crippen LogP contribution in [0.3, 0.4) is 0 Å². The molecule has 0 unspecified atom stereocenters. The lowest BCUT2D eigenvalue weighted by Crippen LogP contribution is -1.95. The second kappa shape index (κ2) is 6.55. The van der Waals surface area contributed by atoms with E-state index in [0.717, 1.165) is 22.5 Å². The monoisotopic (exact) mass is 305 g/mol. The summed E-state index contributed by atoms with van der Waals surface area (Å²) >= 11 is 11.8. The summed E-state index contributed by atoms with van der Waals surface area (Å²) in [6.07, 6.45) is 3.04. The van der Waals surface area contributed by atoms with Crippen molar-refractivity contribution in [2.45, 2.75) is 0 Å². The summed E-state index contributed by atoms with van der Waals surface area (Å²) < 4.78 is 0. The maximum atomic E-state index is 7.39. The first-order valence-electron chi connectivity index (χ1n) is 5.95. The minimum atomic E-state index is 0.479. The lowest BCUT2D eigenvalue weighted by Gasteiger charge is -2.05. The number of halogens is 2. The number of hydrogen-bond acceptors (Lipinski definition) is 3. The highest BCUT2D eigenvalue weighted by molar-refractivity contribution is 6.42. The van der Waals surface area contributed by atoms with Gasteiger partial charge in [-0.2, -0.15) is 0 Å². The van der Waals surface area contributed by atoms with Gasteiger partial charge in [-0.3, -0.25) is 4.99 Å². The van der Waals surface area contributed by atoms with E-state index in [1.807, 2.05) is 25.2 Å². The first kappa shape index (κ1) is 14.6. The van der Waals surface area contributed by atoms with Gasteiger partial charge in [0.25, 0.3) is 0 Å². The second-order valence-electron chi connectivity index (χ2n) is 4.10. The maximum Gasteiger partial charge on any atom is 0.0645 e. The molecule has 102 valence electrons. The lowest BCUT2D eigenvalue weighted by atomic mass is 10.1. The standard InChI is InChI=1S/C15H13Cl2N3/c1-19-15-5-2-10(6-11(15)8-18)9-20-12-3-4-13(16)14(17)7-12/h2-9,18-19H,1H3. The molecule has 2 aromatic carbocycles. The Morgan fingerprint density at radius 2 is 1.90 bits per heavy atom. The smallest absolute Gasteiger partial charge is 0.0645 e. The molecule has 5 heteroatoms. The average Bonchev–Trinajstić information content (AvgIpc) is 2.48. The van der Waals surface area contributed by atoms with E-state index in [2.05, 4.69) is 10.3 Å².